The van der Waals surface area contributed by atoms with Gasteiger partial charge in [-0.05, 0) is 13.0 Å². The third-order valence-electron chi connectivity index (χ3n) is 4.40. The van der Waals surface area contributed by atoms with E-state index in [2.05, 4.69) is 35.6 Å². The van der Waals surface area contributed by atoms with Crippen LogP contribution in [0.1, 0.15) is 13.8 Å². The summed E-state index contributed by atoms with van der Waals surface area (Å²) < 4.78 is 0. The Kier molecular flexibility index (Phi) is 4.08. The molecule has 2 aliphatic rings. The van der Waals surface area contributed by atoms with Crippen molar-refractivity contribution in [3.8, 4) is 0 Å². The van der Waals surface area contributed by atoms with E-state index in [4.69, 9.17) is 0 Å². The molecule has 0 aromatic rings. The van der Waals surface area contributed by atoms with Crippen molar-refractivity contribution in [1.29, 1.82) is 0 Å². The molecule has 2 rings (SSSR count). The molecule has 100 valence electrons. The first-order chi connectivity index (χ1) is 7.99. The van der Waals surface area contributed by atoms with Crippen LogP contribution in [0.15, 0.2) is 0 Å². The van der Waals surface area contributed by atoms with Crippen molar-refractivity contribution in [3.63, 3.8) is 0 Å². The molecule has 2 saturated heterocycles. The van der Waals surface area contributed by atoms with Crippen molar-refractivity contribution in [3.05, 3.63) is 0 Å². The fourth-order valence-electron chi connectivity index (χ4n) is 2.61. The zero-order valence-electron chi connectivity index (χ0n) is 11.5. The Bertz CT molecular complexity index is 243. The summed E-state index contributed by atoms with van der Waals surface area (Å²) in [4.78, 5) is 7.29. The van der Waals surface area contributed by atoms with E-state index in [-0.39, 0.29) is 0 Å². The van der Waals surface area contributed by atoms with Gasteiger partial charge < -0.3 is 10.0 Å². The zero-order chi connectivity index (χ0) is 12.5. The van der Waals surface area contributed by atoms with Gasteiger partial charge in [-0.15, -0.1) is 0 Å². The quantitative estimate of drug-likeness (QED) is 0.747. The van der Waals surface area contributed by atoms with Gasteiger partial charge in [0.05, 0.1) is 5.60 Å². The average Bonchev–Trinajstić information content (AvgIpc) is 2.24. The molecule has 4 heteroatoms. The van der Waals surface area contributed by atoms with Gasteiger partial charge in [-0.25, -0.2) is 0 Å². The Hall–Kier alpha value is -0.160. The second kappa shape index (κ2) is 5.22. The molecular weight excluding hydrogens is 214 g/mol. The monoisotopic (exact) mass is 241 g/mol. The third-order valence-corrected chi connectivity index (χ3v) is 4.40. The van der Waals surface area contributed by atoms with Crippen LogP contribution < -0.4 is 0 Å². The van der Waals surface area contributed by atoms with Crippen molar-refractivity contribution in [1.82, 2.24) is 14.7 Å². The molecule has 1 N–H and O–H groups in total. The first kappa shape index (κ1) is 13.3. The van der Waals surface area contributed by atoms with Crippen LogP contribution in [-0.4, -0.2) is 84.8 Å². The lowest BCUT2D eigenvalue weighted by molar-refractivity contribution is -0.128. The number of hydrogen-bond acceptors (Lipinski definition) is 4. The van der Waals surface area contributed by atoms with Crippen LogP contribution >= 0.6 is 0 Å². The summed E-state index contributed by atoms with van der Waals surface area (Å²) in [7, 11) is 2.19. The highest BCUT2D eigenvalue weighted by Gasteiger charge is 2.43. The van der Waals surface area contributed by atoms with Crippen molar-refractivity contribution < 1.29 is 5.11 Å². The fraction of sp³-hybridized carbons (Fsp3) is 1.00. The van der Waals surface area contributed by atoms with Gasteiger partial charge in [0.2, 0.25) is 0 Å². The molecule has 0 bridgehead atoms. The van der Waals surface area contributed by atoms with Crippen LogP contribution in [0.4, 0.5) is 0 Å². The van der Waals surface area contributed by atoms with Gasteiger partial charge in [0.25, 0.3) is 0 Å². The highest BCUT2D eigenvalue weighted by Crippen LogP contribution is 2.28. The summed E-state index contributed by atoms with van der Waals surface area (Å²) in [5.41, 5.74) is -0.415. The van der Waals surface area contributed by atoms with E-state index >= 15 is 0 Å². The number of aliphatic hydroxyl groups is 1. The van der Waals surface area contributed by atoms with Gasteiger partial charge >= 0.3 is 0 Å². The Morgan fingerprint density at radius 1 is 1.00 bits per heavy atom. The average molecular weight is 241 g/mol. The van der Waals surface area contributed by atoms with Crippen LogP contribution in [-0.2, 0) is 0 Å². The fourth-order valence-corrected chi connectivity index (χ4v) is 2.61. The SMILES string of the molecule is CC(C)C1(O)CN(CCN2CCN(C)CC2)C1. The van der Waals surface area contributed by atoms with Gasteiger partial charge in [-0.1, -0.05) is 13.8 Å². The summed E-state index contributed by atoms with van der Waals surface area (Å²) in [6.07, 6.45) is 0. The Labute approximate surface area is 105 Å². The molecule has 2 aliphatic heterocycles. The maximum atomic E-state index is 10.2. The highest BCUT2D eigenvalue weighted by atomic mass is 16.3. The van der Waals surface area contributed by atoms with E-state index in [0.717, 1.165) is 26.2 Å². The minimum atomic E-state index is -0.415. The molecule has 0 unspecified atom stereocenters. The molecule has 2 heterocycles. The normalized spacial score (nSPS) is 27.4. The number of likely N-dealkylation sites (tertiary alicyclic amines) is 1. The van der Waals surface area contributed by atoms with E-state index in [1.54, 1.807) is 0 Å². The molecule has 0 radical (unpaired) electrons. The number of nitrogens with zero attached hydrogens (tertiary/aromatic N) is 3. The van der Waals surface area contributed by atoms with E-state index in [1.165, 1.54) is 26.2 Å². The Balaban J connectivity index is 1.62. The van der Waals surface area contributed by atoms with Crippen LogP contribution in [0.25, 0.3) is 0 Å². The predicted molar refractivity (Wildman–Crippen MR) is 70.2 cm³/mol. The topological polar surface area (TPSA) is 30.0 Å². The molecule has 0 aromatic carbocycles. The minimum Gasteiger partial charge on any atom is -0.387 e. The van der Waals surface area contributed by atoms with Gasteiger partial charge in [0, 0.05) is 52.4 Å². The van der Waals surface area contributed by atoms with Crippen LogP contribution in [0.5, 0.6) is 0 Å². The molecule has 0 atom stereocenters. The molecular formula is C13H27N3O. The maximum absolute atomic E-state index is 10.2. The second-order valence-electron chi connectivity index (χ2n) is 6.11. The van der Waals surface area contributed by atoms with E-state index < -0.39 is 5.60 Å². The predicted octanol–water partition coefficient (Wildman–Crippen LogP) is -0.0635. The van der Waals surface area contributed by atoms with Crippen molar-refractivity contribution in [2.45, 2.75) is 19.4 Å². The molecule has 0 aliphatic carbocycles. The Morgan fingerprint density at radius 3 is 2.06 bits per heavy atom. The molecule has 0 saturated carbocycles. The second-order valence-corrected chi connectivity index (χ2v) is 6.11. The largest absolute Gasteiger partial charge is 0.387 e. The molecule has 0 spiro atoms. The summed E-state index contributed by atoms with van der Waals surface area (Å²) in [5.74, 6) is 0.377. The maximum Gasteiger partial charge on any atom is 0.0922 e. The van der Waals surface area contributed by atoms with Gasteiger partial charge in [0.15, 0.2) is 0 Å². The van der Waals surface area contributed by atoms with Crippen LogP contribution in [0.3, 0.4) is 0 Å². The van der Waals surface area contributed by atoms with Gasteiger partial charge in [-0.2, -0.15) is 0 Å². The zero-order valence-corrected chi connectivity index (χ0v) is 11.5. The van der Waals surface area contributed by atoms with Gasteiger partial charge in [0.1, 0.15) is 0 Å². The van der Waals surface area contributed by atoms with Crippen molar-refractivity contribution in [2.75, 3.05) is 59.4 Å². The first-order valence-electron chi connectivity index (χ1n) is 6.85. The molecule has 0 aromatic heterocycles. The number of likely N-dealkylation sites (N-methyl/N-ethyl adjacent to an activating group) is 1. The number of piperazine rings is 1. The number of hydrogen-bond donors (Lipinski definition) is 1. The molecule has 17 heavy (non-hydrogen) atoms. The van der Waals surface area contributed by atoms with Crippen molar-refractivity contribution in [2.24, 2.45) is 5.92 Å². The van der Waals surface area contributed by atoms with E-state index in [1.807, 2.05) is 0 Å². The molecule has 0 amide bonds. The summed E-state index contributed by atoms with van der Waals surface area (Å²) >= 11 is 0. The minimum absolute atomic E-state index is 0.377. The van der Waals surface area contributed by atoms with Gasteiger partial charge in [-0.3, -0.25) is 9.80 Å². The highest BCUT2D eigenvalue weighted by molar-refractivity contribution is 4.97. The third kappa shape index (κ3) is 3.19. The summed E-state index contributed by atoms with van der Waals surface area (Å²) in [6.45, 7) is 13.0. The lowest BCUT2D eigenvalue weighted by atomic mass is 9.83. The number of rotatable bonds is 4. The first-order valence-corrected chi connectivity index (χ1v) is 6.85. The smallest absolute Gasteiger partial charge is 0.0922 e. The lowest BCUT2D eigenvalue weighted by Gasteiger charge is -2.49. The Morgan fingerprint density at radius 2 is 1.53 bits per heavy atom. The summed E-state index contributed by atoms with van der Waals surface area (Å²) in [5, 5.41) is 10.2. The van der Waals surface area contributed by atoms with Crippen LogP contribution in [0.2, 0.25) is 0 Å². The molecule has 4 nitrogen and oxygen atoms in total. The molecule has 2 fully saturated rings. The standard InChI is InChI=1S/C13H27N3O/c1-12(2)13(17)10-16(11-13)9-8-15-6-4-14(3)5-7-15/h12,17H,4-11H2,1-3H3. The van der Waals surface area contributed by atoms with E-state index in [9.17, 15) is 5.11 Å². The number of β-amino-alcohol motifs (C(OH)–C–C–N with tert-alkyl or cyclic N) is 1. The summed E-state index contributed by atoms with van der Waals surface area (Å²) in [6, 6.07) is 0. The lowest BCUT2D eigenvalue weighted by Crippen LogP contribution is -2.65. The van der Waals surface area contributed by atoms with Crippen LogP contribution in [0, 0.1) is 5.92 Å². The van der Waals surface area contributed by atoms with E-state index in [0.29, 0.717) is 5.92 Å². The van der Waals surface area contributed by atoms with Crippen molar-refractivity contribution >= 4 is 0 Å².